The topological polar surface area (TPSA) is 37.8 Å². The molecule has 1 aromatic rings. The van der Waals surface area contributed by atoms with E-state index in [4.69, 9.17) is 0 Å². The Bertz CT molecular complexity index is 417. The molecule has 1 fully saturated rings. The largest absolute Gasteiger partial charge is 0.391 e. The first-order chi connectivity index (χ1) is 8.86. The fraction of sp³-hybridized carbons (Fsp3) is 0.833. The van der Waals surface area contributed by atoms with E-state index in [0.717, 1.165) is 12.2 Å². The molecule has 2 unspecified atom stereocenters. The van der Waals surface area contributed by atoms with Crippen LogP contribution in [0.2, 0.25) is 0 Å². The van der Waals surface area contributed by atoms with Gasteiger partial charge in [0.05, 0.1) is 5.92 Å². The summed E-state index contributed by atoms with van der Waals surface area (Å²) < 4.78 is 42.3. The Hall–Kier alpha value is -0.850. The first-order valence-electron chi connectivity index (χ1n) is 6.53. The van der Waals surface area contributed by atoms with Gasteiger partial charge in [-0.2, -0.15) is 17.5 Å². The fourth-order valence-corrected chi connectivity index (χ4v) is 3.11. The average molecular weight is 293 g/mol. The smallest absolute Gasteiger partial charge is 0.358 e. The molecule has 0 saturated heterocycles. The van der Waals surface area contributed by atoms with Crippen molar-refractivity contribution in [3.05, 3.63) is 5.82 Å². The number of nitrogens with zero attached hydrogens (tertiary/aromatic N) is 2. The Morgan fingerprint density at radius 2 is 2.05 bits per heavy atom. The maximum atomic E-state index is 12.7. The van der Waals surface area contributed by atoms with Crippen LogP contribution in [0.25, 0.3) is 0 Å². The fourth-order valence-electron chi connectivity index (χ4n) is 2.32. The maximum Gasteiger partial charge on any atom is 0.391 e. The molecule has 3 nitrogen and oxygen atoms in total. The van der Waals surface area contributed by atoms with Gasteiger partial charge in [0.2, 0.25) is 5.13 Å². The van der Waals surface area contributed by atoms with Crippen LogP contribution >= 0.6 is 11.5 Å². The highest BCUT2D eigenvalue weighted by Gasteiger charge is 2.42. The van der Waals surface area contributed by atoms with Gasteiger partial charge in [0.25, 0.3) is 0 Å². The van der Waals surface area contributed by atoms with Gasteiger partial charge in [-0.05, 0) is 19.3 Å². The van der Waals surface area contributed by atoms with Crippen LogP contribution in [0.4, 0.5) is 18.3 Å². The first-order valence-corrected chi connectivity index (χ1v) is 7.30. The van der Waals surface area contributed by atoms with E-state index < -0.39 is 12.1 Å². The number of halogens is 3. The van der Waals surface area contributed by atoms with E-state index in [1.165, 1.54) is 11.5 Å². The van der Waals surface area contributed by atoms with E-state index >= 15 is 0 Å². The summed E-state index contributed by atoms with van der Waals surface area (Å²) in [5, 5.41) is 3.74. The molecule has 2 atom stereocenters. The number of alkyl halides is 3. The summed E-state index contributed by atoms with van der Waals surface area (Å²) in [5.74, 6) is -0.201. The zero-order valence-corrected chi connectivity index (χ0v) is 11.8. The standard InChI is InChI=1S/C12H18F3N3S/c1-7(2)10-17-11(19-18-10)16-9-5-3-4-8(6-9)12(13,14)15/h7-9H,3-6H2,1-2H3,(H,16,17,18). The van der Waals surface area contributed by atoms with Gasteiger partial charge in [-0.25, -0.2) is 4.98 Å². The molecule has 0 spiro atoms. The van der Waals surface area contributed by atoms with E-state index in [9.17, 15) is 13.2 Å². The number of anilines is 1. The number of rotatable bonds is 3. The molecule has 19 heavy (non-hydrogen) atoms. The van der Waals surface area contributed by atoms with E-state index in [0.29, 0.717) is 11.6 Å². The Morgan fingerprint density at radius 3 is 2.63 bits per heavy atom. The molecule has 0 aromatic carbocycles. The molecular formula is C12H18F3N3S. The Balaban J connectivity index is 1.95. The average Bonchev–Trinajstić information content (AvgIpc) is 2.77. The minimum absolute atomic E-state index is 0.139. The van der Waals surface area contributed by atoms with Crippen molar-refractivity contribution in [3.63, 3.8) is 0 Å². The van der Waals surface area contributed by atoms with Crippen molar-refractivity contribution in [2.24, 2.45) is 5.92 Å². The van der Waals surface area contributed by atoms with Gasteiger partial charge in [0.1, 0.15) is 5.82 Å². The van der Waals surface area contributed by atoms with Crippen molar-refractivity contribution < 1.29 is 13.2 Å². The predicted molar refractivity (Wildman–Crippen MR) is 69.4 cm³/mol. The van der Waals surface area contributed by atoms with Crippen molar-refractivity contribution in [3.8, 4) is 0 Å². The van der Waals surface area contributed by atoms with E-state index in [2.05, 4.69) is 14.7 Å². The molecule has 1 aliphatic carbocycles. The lowest BCUT2D eigenvalue weighted by Gasteiger charge is -2.30. The molecule has 0 amide bonds. The highest BCUT2D eigenvalue weighted by atomic mass is 32.1. The number of nitrogens with one attached hydrogen (secondary N) is 1. The van der Waals surface area contributed by atoms with E-state index in [1.54, 1.807) is 0 Å². The van der Waals surface area contributed by atoms with Crippen LogP contribution in [0, 0.1) is 5.92 Å². The van der Waals surface area contributed by atoms with Crippen molar-refractivity contribution in [2.75, 3.05) is 5.32 Å². The van der Waals surface area contributed by atoms with Gasteiger partial charge in [0, 0.05) is 23.5 Å². The summed E-state index contributed by atoms with van der Waals surface area (Å²) in [6.45, 7) is 3.98. The second-order valence-corrected chi connectivity index (χ2v) is 6.11. The Kier molecular flexibility index (Phi) is 4.32. The molecule has 1 aromatic heterocycles. The number of hydrogen-bond donors (Lipinski definition) is 1. The SMILES string of the molecule is CC(C)c1nsc(NC2CCCC(C(F)(F)F)C2)n1. The molecule has 0 bridgehead atoms. The summed E-state index contributed by atoms with van der Waals surface area (Å²) >= 11 is 1.23. The van der Waals surface area contributed by atoms with Gasteiger partial charge >= 0.3 is 6.18 Å². The second kappa shape index (κ2) is 5.64. The molecule has 108 valence electrons. The van der Waals surface area contributed by atoms with Crippen molar-refractivity contribution in [2.45, 2.75) is 57.7 Å². The molecule has 7 heteroatoms. The minimum Gasteiger partial charge on any atom is -0.358 e. The van der Waals surface area contributed by atoms with Crippen LogP contribution in [-0.4, -0.2) is 21.6 Å². The zero-order valence-electron chi connectivity index (χ0n) is 11.0. The molecule has 1 aliphatic rings. The molecule has 1 N–H and O–H groups in total. The van der Waals surface area contributed by atoms with Gasteiger partial charge in [0.15, 0.2) is 0 Å². The van der Waals surface area contributed by atoms with Crippen LogP contribution in [0.15, 0.2) is 0 Å². The number of hydrogen-bond acceptors (Lipinski definition) is 4. The molecule has 0 radical (unpaired) electrons. The lowest BCUT2D eigenvalue weighted by Crippen LogP contribution is -2.34. The van der Waals surface area contributed by atoms with Crippen molar-refractivity contribution in [1.82, 2.24) is 9.36 Å². The van der Waals surface area contributed by atoms with Gasteiger partial charge < -0.3 is 5.32 Å². The monoisotopic (exact) mass is 293 g/mol. The molecular weight excluding hydrogens is 275 g/mol. The third-order valence-corrected chi connectivity index (χ3v) is 4.08. The summed E-state index contributed by atoms with van der Waals surface area (Å²) in [5.41, 5.74) is 0. The summed E-state index contributed by atoms with van der Waals surface area (Å²) in [4.78, 5) is 4.31. The molecule has 2 rings (SSSR count). The van der Waals surface area contributed by atoms with E-state index in [-0.39, 0.29) is 24.8 Å². The third-order valence-electron chi connectivity index (χ3n) is 3.42. The highest BCUT2D eigenvalue weighted by Crippen LogP contribution is 2.38. The second-order valence-electron chi connectivity index (χ2n) is 5.36. The molecule has 1 saturated carbocycles. The van der Waals surface area contributed by atoms with Gasteiger partial charge in [-0.15, -0.1) is 0 Å². The molecule has 0 aliphatic heterocycles. The maximum absolute atomic E-state index is 12.7. The summed E-state index contributed by atoms with van der Waals surface area (Å²) in [7, 11) is 0. The normalized spacial score (nSPS) is 24.7. The summed E-state index contributed by atoms with van der Waals surface area (Å²) in [6.07, 6.45) is -2.32. The van der Waals surface area contributed by atoms with Crippen LogP contribution in [0.3, 0.4) is 0 Å². The van der Waals surface area contributed by atoms with Crippen LogP contribution in [-0.2, 0) is 0 Å². The Labute approximate surface area is 114 Å². The van der Waals surface area contributed by atoms with Gasteiger partial charge in [-0.3, -0.25) is 0 Å². The molecule has 1 heterocycles. The highest BCUT2D eigenvalue weighted by molar-refractivity contribution is 7.09. The van der Waals surface area contributed by atoms with E-state index in [1.807, 2.05) is 13.8 Å². The predicted octanol–water partition coefficient (Wildman–Crippen LogP) is 4.19. The van der Waals surface area contributed by atoms with Crippen LogP contribution < -0.4 is 5.32 Å². The zero-order chi connectivity index (χ0) is 14.0. The minimum atomic E-state index is -4.08. The summed E-state index contributed by atoms with van der Waals surface area (Å²) in [6, 6.07) is -0.145. The van der Waals surface area contributed by atoms with Crippen molar-refractivity contribution in [1.29, 1.82) is 0 Å². The number of aromatic nitrogens is 2. The quantitative estimate of drug-likeness (QED) is 0.908. The lowest BCUT2D eigenvalue weighted by molar-refractivity contribution is -0.182. The van der Waals surface area contributed by atoms with Crippen molar-refractivity contribution >= 4 is 16.7 Å². The lowest BCUT2D eigenvalue weighted by atomic mass is 9.85. The van der Waals surface area contributed by atoms with Gasteiger partial charge in [-0.1, -0.05) is 20.3 Å². The third kappa shape index (κ3) is 3.81. The van der Waals surface area contributed by atoms with Crippen LogP contribution in [0.5, 0.6) is 0 Å². The van der Waals surface area contributed by atoms with Crippen LogP contribution in [0.1, 0.15) is 51.3 Å². The Morgan fingerprint density at radius 1 is 1.32 bits per heavy atom. The first kappa shape index (κ1) is 14.6.